The third kappa shape index (κ3) is 4.52. The highest BCUT2D eigenvalue weighted by molar-refractivity contribution is 7.98. The van der Waals surface area contributed by atoms with Crippen molar-refractivity contribution in [2.75, 3.05) is 11.6 Å². The molecule has 2 aromatic carbocycles. The topological polar surface area (TPSA) is 87.9 Å². The van der Waals surface area contributed by atoms with E-state index in [2.05, 4.69) is 15.5 Å². The molecule has 0 aliphatic carbocycles. The lowest BCUT2D eigenvalue weighted by atomic mass is 10.1. The summed E-state index contributed by atoms with van der Waals surface area (Å²) >= 11 is 1.55. The Kier molecular flexibility index (Phi) is 6.10. The summed E-state index contributed by atoms with van der Waals surface area (Å²) in [7, 11) is 0. The van der Waals surface area contributed by atoms with E-state index in [1.807, 2.05) is 30.5 Å². The van der Waals surface area contributed by atoms with Gasteiger partial charge in [0.15, 0.2) is 5.69 Å². The molecule has 0 spiro atoms. The SMILES string of the molecule is CSc1cccc(NC(=O)c2c(Oc3ccc(F)cc3C)nnc(C#N)c2C)c1. The molecule has 0 radical (unpaired) electrons. The maximum absolute atomic E-state index is 13.4. The van der Waals surface area contributed by atoms with Crippen molar-refractivity contribution in [3.05, 3.63) is 70.7 Å². The van der Waals surface area contributed by atoms with Gasteiger partial charge in [-0.05, 0) is 62.1 Å². The first-order valence-corrected chi connectivity index (χ1v) is 9.82. The van der Waals surface area contributed by atoms with E-state index in [-0.39, 0.29) is 17.1 Å². The molecule has 1 heterocycles. The first kappa shape index (κ1) is 20.3. The standard InChI is InChI=1S/C21H17FN4O2S/c1-12-9-14(22)7-8-18(12)28-21-19(13(2)17(11-23)25-26-21)20(27)24-15-5-4-6-16(10-15)29-3/h4-10H,1-3H3,(H,24,27). The number of hydrogen-bond acceptors (Lipinski definition) is 6. The summed E-state index contributed by atoms with van der Waals surface area (Å²) in [6, 6.07) is 13.3. The van der Waals surface area contributed by atoms with Crippen LogP contribution < -0.4 is 10.1 Å². The van der Waals surface area contributed by atoms with Crippen LogP contribution in [-0.4, -0.2) is 22.4 Å². The number of nitrogens with one attached hydrogen (secondary N) is 1. The molecule has 3 aromatic rings. The number of benzene rings is 2. The lowest BCUT2D eigenvalue weighted by molar-refractivity contribution is 0.102. The van der Waals surface area contributed by atoms with Gasteiger partial charge >= 0.3 is 0 Å². The largest absolute Gasteiger partial charge is 0.437 e. The van der Waals surface area contributed by atoms with E-state index in [0.29, 0.717) is 22.6 Å². The Hall–Kier alpha value is -3.44. The normalized spacial score (nSPS) is 10.3. The third-order valence-corrected chi connectivity index (χ3v) is 4.91. The van der Waals surface area contributed by atoms with E-state index in [4.69, 9.17) is 4.74 Å². The number of carbonyl (C=O) groups is 1. The Balaban J connectivity index is 2.01. The van der Waals surface area contributed by atoms with Crippen molar-refractivity contribution in [2.24, 2.45) is 0 Å². The molecule has 29 heavy (non-hydrogen) atoms. The van der Waals surface area contributed by atoms with Crippen molar-refractivity contribution >= 4 is 23.4 Å². The molecule has 1 aromatic heterocycles. The van der Waals surface area contributed by atoms with E-state index in [1.54, 1.807) is 31.7 Å². The van der Waals surface area contributed by atoms with Crippen molar-refractivity contribution in [2.45, 2.75) is 18.7 Å². The minimum Gasteiger partial charge on any atom is -0.437 e. The van der Waals surface area contributed by atoms with Gasteiger partial charge in [-0.3, -0.25) is 4.79 Å². The number of amides is 1. The second-order valence-electron chi connectivity index (χ2n) is 6.16. The second-order valence-corrected chi connectivity index (χ2v) is 7.04. The Morgan fingerprint density at radius 1 is 1.21 bits per heavy atom. The van der Waals surface area contributed by atoms with Crippen LogP contribution >= 0.6 is 11.8 Å². The van der Waals surface area contributed by atoms with Crippen molar-refractivity contribution < 1.29 is 13.9 Å². The Morgan fingerprint density at radius 3 is 2.69 bits per heavy atom. The van der Waals surface area contributed by atoms with Crippen LogP contribution in [-0.2, 0) is 0 Å². The molecule has 0 fully saturated rings. The maximum Gasteiger partial charge on any atom is 0.261 e. The zero-order valence-corrected chi connectivity index (χ0v) is 16.8. The van der Waals surface area contributed by atoms with Gasteiger partial charge in [-0.2, -0.15) is 5.26 Å². The average molecular weight is 408 g/mol. The summed E-state index contributed by atoms with van der Waals surface area (Å²) in [6.07, 6.45) is 1.94. The van der Waals surface area contributed by atoms with Gasteiger partial charge in [0.25, 0.3) is 11.8 Å². The molecular formula is C21H17FN4O2S. The number of aromatic nitrogens is 2. The van der Waals surface area contributed by atoms with Gasteiger partial charge in [-0.15, -0.1) is 22.0 Å². The zero-order chi connectivity index (χ0) is 21.0. The fraction of sp³-hybridized carbons (Fsp3) is 0.143. The molecule has 3 rings (SSSR count). The number of thioether (sulfide) groups is 1. The van der Waals surface area contributed by atoms with Crippen LogP contribution in [0.25, 0.3) is 0 Å². The highest BCUT2D eigenvalue weighted by Crippen LogP contribution is 2.29. The van der Waals surface area contributed by atoms with Gasteiger partial charge in [0.2, 0.25) is 0 Å². The summed E-state index contributed by atoms with van der Waals surface area (Å²) in [5.41, 5.74) is 1.59. The number of hydrogen-bond donors (Lipinski definition) is 1. The van der Waals surface area contributed by atoms with E-state index < -0.39 is 11.7 Å². The number of rotatable bonds is 5. The number of aryl methyl sites for hydroxylation is 1. The van der Waals surface area contributed by atoms with Gasteiger partial charge in [0.05, 0.1) is 0 Å². The molecule has 1 amide bonds. The highest BCUT2D eigenvalue weighted by Gasteiger charge is 2.22. The van der Waals surface area contributed by atoms with Crippen molar-refractivity contribution in [1.82, 2.24) is 10.2 Å². The molecule has 0 bridgehead atoms. The highest BCUT2D eigenvalue weighted by atomic mass is 32.2. The smallest absolute Gasteiger partial charge is 0.261 e. The summed E-state index contributed by atoms with van der Waals surface area (Å²) in [5, 5.41) is 19.8. The average Bonchev–Trinajstić information content (AvgIpc) is 2.70. The molecule has 0 aliphatic rings. The minimum atomic E-state index is -0.484. The van der Waals surface area contributed by atoms with Gasteiger partial charge in [-0.1, -0.05) is 6.07 Å². The van der Waals surface area contributed by atoms with Crippen LogP contribution in [0.15, 0.2) is 47.4 Å². The number of nitriles is 1. The second kappa shape index (κ2) is 8.71. The minimum absolute atomic E-state index is 0.0243. The van der Waals surface area contributed by atoms with Crippen molar-refractivity contribution in [3.8, 4) is 17.7 Å². The molecule has 0 atom stereocenters. The van der Waals surface area contributed by atoms with E-state index in [9.17, 15) is 14.4 Å². The van der Waals surface area contributed by atoms with Gasteiger partial charge in [0.1, 0.15) is 23.2 Å². The third-order valence-electron chi connectivity index (χ3n) is 4.19. The zero-order valence-electron chi connectivity index (χ0n) is 16.0. The Morgan fingerprint density at radius 2 is 2.00 bits per heavy atom. The van der Waals surface area contributed by atoms with Crippen LogP contribution in [0.5, 0.6) is 11.6 Å². The van der Waals surface area contributed by atoms with Crippen LogP contribution in [0.3, 0.4) is 0 Å². The van der Waals surface area contributed by atoms with Crippen LogP contribution in [0.1, 0.15) is 27.2 Å². The number of anilines is 1. The first-order valence-electron chi connectivity index (χ1n) is 8.59. The summed E-state index contributed by atoms with van der Waals surface area (Å²) < 4.78 is 19.1. The lowest BCUT2D eigenvalue weighted by Gasteiger charge is -2.14. The molecule has 146 valence electrons. The van der Waals surface area contributed by atoms with E-state index in [1.165, 1.54) is 18.2 Å². The van der Waals surface area contributed by atoms with Crippen molar-refractivity contribution in [3.63, 3.8) is 0 Å². The van der Waals surface area contributed by atoms with E-state index in [0.717, 1.165) is 4.90 Å². The van der Waals surface area contributed by atoms with Gasteiger partial charge in [0, 0.05) is 16.1 Å². The van der Waals surface area contributed by atoms with Crippen molar-refractivity contribution in [1.29, 1.82) is 5.26 Å². The molecule has 0 saturated carbocycles. The number of halogens is 1. The number of nitrogens with zero attached hydrogens (tertiary/aromatic N) is 3. The molecular weight excluding hydrogens is 391 g/mol. The first-order chi connectivity index (χ1) is 13.9. The number of ether oxygens (including phenoxy) is 1. The monoisotopic (exact) mass is 408 g/mol. The van der Waals surface area contributed by atoms with Crippen LogP contribution in [0, 0.1) is 31.0 Å². The molecule has 0 unspecified atom stereocenters. The molecule has 0 saturated heterocycles. The number of carbonyl (C=O) groups excluding carboxylic acids is 1. The van der Waals surface area contributed by atoms with E-state index >= 15 is 0 Å². The summed E-state index contributed by atoms with van der Waals surface area (Å²) in [4.78, 5) is 14.0. The van der Waals surface area contributed by atoms with Gasteiger partial charge in [-0.25, -0.2) is 4.39 Å². The maximum atomic E-state index is 13.4. The molecule has 0 aliphatic heterocycles. The predicted octanol–water partition coefficient (Wildman–Crippen LogP) is 4.87. The molecule has 8 heteroatoms. The molecule has 1 N–H and O–H groups in total. The predicted molar refractivity (Wildman–Crippen MR) is 109 cm³/mol. The Bertz CT molecular complexity index is 1130. The quantitative estimate of drug-likeness (QED) is 0.606. The van der Waals surface area contributed by atoms with Gasteiger partial charge < -0.3 is 10.1 Å². The fourth-order valence-corrected chi connectivity index (χ4v) is 3.13. The Labute approximate surface area is 171 Å². The summed E-state index contributed by atoms with van der Waals surface area (Å²) in [5.74, 6) is -0.608. The fourth-order valence-electron chi connectivity index (χ4n) is 2.67. The molecule has 6 nitrogen and oxygen atoms in total. The van der Waals surface area contributed by atoms with Crippen LogP contribution in [0.4, 0.5) is 10.1 Å². The summed E-state index contributed by atoms with van der Waals surface area (Å²) in [6.45, 7) is 3.28. The van der Waals surface area contributed by atoms with Crippen LogP contribution in [0.2, 0.25) is 0 Å². The lowest BCUT2D eigenvalue weighted by Crippen LogP contribution is -2.17.